The van der Waals surface area contributed by atoms with Crippen LogP contribution >= 0.6 is 0 Å². The quantitative estimate of drug-likeness (QED) is 0.658. The lowest BCUT2D eigenvalue weighted by Crippen LogP contribution is -2.34. The molecule has 0 bridgehead atoms. The van der Waals surface area contributed by atoms with Gasteiger partial charge in [0.05, 0.1) is 5.56 Å². The molecule has 134 valence electrons. The molecule has 2 aromatic carbocycles. The van der Waals surface area contributed by atoms with Gasteiger partial charge >= 0.3 is 5.63 Å². The van der Waals surface area contributed by atoms with Crippen molar-refractivity contribution < 1.29 is 9.15 Å². The molecule has 0 N–H and O–H groups in total. The van der Waals surface area contributed by atoms with Gasteiger partial charge in [-0.1, -0.05) is 44.2 Å². The third-order valence-electron chi connectivity index (χ3n) is 5.12. The standard InChI is InChI=1S/C22H23NO3/c1-3-16-11-21(24)26-22-18(16)9-10-20-19(22)13-23(14-25-20)12-15(2)17-7-5-4-6-8-17/h4-11,15H,3,12-14H2,1-2H3/t15-/m1/s1. The van der Waals surface area contributed by atoms with Crippen LogP contribution in [0.5, 0.6) is 5.75 Å². The lowest BCUT2D eigenvalue weighted by molar-refractivity contribution is 0.0909. The van der Waals surface area contributed by atoms with Crippen LogP contribution in [0.25, 0.3) is 11.0 Å². The van der Waals surface area contributed by atoms with Crippen molar-refractivity contribution in [1.29, 1.82) is 0 Å². The topological polar surface area (TPSA) is 42.7 Å². The molecule has 0 saturated carbocycles. The van der Waals surface area contributed by atoms with Gasteiger partial charge in [-0.15, -0.1) is 0 Å². The highest BCUT2D eigenvalue weighted by atomic mass is 16.5. The number of rotatable bonds is 4. The van der Waals surface area contributed by atoms with Crippen LogP contribution in [0.3, 0.4) is 0 Å². The number of fused-ring (bicyclic) bond motifs is 3. The molecule has 1 aromatic heterocycles. The Balaban J connectivity index is 1.65. The maximum Gasteiger partial charge on any atom is 0.336 e. The van der Waals surface area contributed by atoms with Crippen molar-refractivity contribution in [3.63, 3.8) is 0 Å². The van der Waals surface area contributed by atoms with Crippen LogP contribution in [0.2, 0.25) is 0 Å². The fraction of sp³-hybridized carbons (Fsp3) is 0.318. The summed E-state index contributed by atoms with van der Waals surface area (Å²) < 4.78 is 11.5. The van der Waals surface area contributed by atoms with Crippen LogP contribution in [-0.2, 0) is 13.0 Å². The molecule has 4 rings (SSSR count). The Morgan fingerprint density at radius 2 is 1.96 bits per heavy atom. The number of ether oxygens (including phenoxy) is 1. The third kappa shape index (κ3) is 3.13. The fourth-order valence-corrected chi connectivity index (χ4v) is 3.73. The molecule has 4 nitrogen and oxygen atoms in total. The lowest BCUT2D eigenvalue weighted by Gasteiger charge is -2.31. The molecular formula is C22H23NO3. The first kappa shape index (κ1) is 16.9. The van der Waals surface area contributed by atoms with E-state index in [1.165, 1.54) is 5.56 Å². The average Bonchev–Trinajstić information content (AvgIpc) is 2.68. The predicted octanol–water partition coefficient (Wildman–Crippen LogP) is 4.31. The number of nitrogens with zero attached hydrogens (tertiary/aromatic N) is 1. The zero-order valence-corrected chi connectivity index (χ0v) is 15.2. The van der Waals surface area contributed by atoms with Crippen molar-refractivity contribution >= 4 is 11.0 Å². The van der Waals surface area contributed by atoms with E-state index in [1.807, 2.05) is 18.2 Å². The first-order valence-electron chi connectivity index (χ1n) is 9.14. The van der Waals surface area contributed by atoms with E-state index in [0.29, 0.717) is 18.2 Å². The van der Waals surface area contributed by atoms with Gasteiger partial charge in [0.15, 0.2) is 0 Å². The third-order valence-corrected chi connectivity index (χ3v) is 5.12. The predicted molar refractivity (Wildman–Crippen MR) is 103 cm³/mol. The maximum atomic E-state index is 12.0. The van der Waals surface area contributed by atoms with Gasteiger partial charge in [-0.3, -0.25) is 4.90 Å². The summed E-state index contributed by atoms with van der Waals surface area (Å²) in [5.74, 6) is 1.21. The first-order chi connectivity index (χ1) is 12.7. The van der Waals surface area contributed by atoms with Gasteiger partial charge in [-0.25, -0.2) is 4.79 Å². The molecule has 0 aliphatic carbocycles. The van der Waals surface area contributed by atoms with E-state index >= 15 is 0 Å². The number of hydrogen-bond donors (Lipinski definition) is 0. The molecule has 4 heteroatoms. The second-order valence-corrected chi connectivity index (χ2v) is 6.96. The Morgan fingerprint density at radius 3 is 2.73 bits per heavy atom. The molecule has 0 amide bonds. The van der Waals surface area contributed by atoms with Gasteiger partial charge in [0.2, 0.25) is 0 Å². The molecule has 3 aromatic rings. The molecule has 0 fully saturated rings. The Bertz CT molecular complexity index is 978. The molecule has 0 spiro atoms. The van der Waals surface area contributed by atoms with Crippen molar-refractivity contribution in [3.05, 3.63) is 75.6 Å². The fourth-order valence-electron chi connectivity index (χ4n) is 3.73. The van der Waals surface area contributed by atoms with Gasteiger partial charge < -0.3 is 9.15 Å². The molecule has 0 radical (unpaired) electrons. The van der Waals surface area contributed by atoms with E-state index in [2.05, 4.69) is 43.0 Å². The minimum atomic E-state index is -0.294. The van der Waals surface area contributed by atoms with E-state index in [4.69, 9.17) is 9.15 Å². The van der Waals surface area contributed by atoms with E-state index in [1.54, 1.807) is 6.07 Å². The van der Waals surface area contributed by atoms with Crippen molar-refractivity contribution in [3.8, 4) is 5.75 Å². The zero-order valence-electron chi connectivity index (χ0n) is 15.2. The minimum absolute atomic E-state index is 0.294. The van der Waals surface area contributed by atoms with E-state index in [9.17, 15) is 4.79 Å². The van der Waals surface area contributed by atoms with Crippen LogP contribution in [0.4, 0.5) is 0 Å². The summed E-state index contributed by atoms with van der Waals surface area (Å²) >= 11 is 0. The molecule has 0 unspecified atom stereocenters. The first-order valence-corrected chi connectivity index (χ1v) is 9.14. The summed E-state index contributed by atoms with van der Waals surface area (Å²) in [4.78, 5) is 14.2. The highest BCUT2D eigenvalue weighted by molar-refractivity contribution is 5.85. The van der Waals surface area contributed by atoms with E-state index in [0.717, 1.165) is 41.8 Å². The Hall–Kier alpha value is -2.59. The van der Waals surface area contributed by atoms with Gasteiger partial charge in [-0.2, -0.15) is 0 Å². The highest BCUT2D eigenvalue weighted by Crippen LogP contribution is 2.33. The molecule has 26 heavy (non-hydrogen) atoms. The van der Waals surface area contributed by atoms with Crippen LogP contribution < -0.4 is 10.4 Å². The lowest BCUT2D eigenvalue weighted by atomic mass is 9.99. The van der Waals surface area contributed by atoms with Crippen molar-refractivity contribution in [2.75, 3.05) is 13.3 Å². The summed E-state index contributed by atoms with van der Waals surface area (Å²) in [5, 5.41) is 1.01. The monoisotopic (exact) mass is 349 g/mol. The van der Waals surface area contributed by atoms with Crippen molar-refractivity contribution in [2.45, 2.75) is 32.7 Å². The van der Waals surface area contributed by atoms with E-state index < -0.39 is 0 Å². The van der Waals surface area contributed by atoms with Crippen molar-refractivity contribution in [1.82, 2.24) is 4.90 Å². The van der Waals surface area contributed by atoms with Crippen LogP contribution in [0.1, 0.15) is 36.5 Å². The number of hydrogen-bond acceptors (Lipinski definition) is 4. The molecular weight excluding hydrogens is 326 g/mol. The average molecular weight is 349 g/mol. The van der Waals surface area contributed by atoms with Gasteiger partial charge in [0, 0.05) is 24.5 Å². The van der Waals surface area contributed by atoms with Gasteiger partial charge in [-0.05, 0) is 35.6 Å². The summed E-state index contributed by atoms with van der Waals surface area (Å²) in [6.07, 6.45) is 0.802. The summed E-state index contributed by atoms with van der Waals surface area (Å²) in [6.45, 7) is 6.44. The molecule has 1 atom stereocenters. The van der Waals surface area contributed by atoms with Crippen molar-refractivity contribution in [2.24, 2.45) is 0 Å². The molecule has 1 aliphatic heterocycles. The summed E-state index contributed by atoms with van der Waals surface area (Å²) in [7, 11) is 0. The van der Waals surface area contributed by atoms with Gasteiger partial charge in [0.25, 0.3) is 0 Å². The zero-order chi connectivity index (χ0) is 18.1. The maximum absolute atomic E-state index is 12.0. The normalized spacial score (nSPS) is 15.5. The van der Waals surface area contributed by atoms with Gasteiger partial charge in [0.1, 0.15) is 18.1 Å². The summed E-state index contributed by atoms with van der Waals surface area (Å²) in [6, 6.07) is 16.1. The smallest absolute Gasteiger partial charge is 0.336 e. The second kappa shape index (κ2) is 6.96. The Kier molecular flexibility index (Phi) is 4.51. The highest BCUT2D eigenvalue weighted by Gasteiger charge is 2.23. The molecule has 0 saturated heterocycles. The van der Waals surface area contributed by atoms with Crippen LogP contribution in [0, 0.1) is 0 Å². The second-order valence-electron chi connectivity index (χ2n) is 6.96. The van der Waals surface area contributed by atoms with Crippen LogP contribution in [0.15, 0.2) is 57.7 Å². The SMILES string of the molecule is CCc1cc(=O)oc2c3c(ccc12)OCN(C[C@@H](C)c1ccccc1)C3. The Morgan fingerprint density at radius 1 is 1.15 bits per heavy atom. The van der Waals surface area contributed by atoms with E-state index in [-0.39, 0.29) is 5.63 Å². The largest absolute Gasteiger partial charge is 0.478 e. The molecule has 1 aliphatic rings. The Labute approximate surface area is 153 Å². The summed E-state index contributed by atoms with van der Waals surface area (Å²) in [5.41, 5.74) is 3.69. The molecule has 2 heterocycles. The number of aryl methyl sites for hydroxylation is 1. The van der Waals surface area contributed by atoms with Crippen LogP contribution in [-0.4, -0.2) is 18.2 Å². The number of benzene rings is 2. The minimum Gasteiger partial charge on any atom is -0.478 e.